The molecule has 0 atom stereocenters. The van der Waals surface area contributed by atoms with E-state index in [2.05, 4.69) is 15.6 Å². The van der Waals surface area contributed by atoms with Crippen LogP contribution in [0.3, 0.4) is 0 Å². The second-order valence-electron chi connectivity index (χ2n) is 6.54. The van der Waals surface area contributed by atoms with Crippen LogP contribution in [-0.2, 0) is 22.3 Å². The second kappa shape index (κ2) is 8.44. The monoisotopic (exact) mass is 420 g/mol. The number of halogens is 3. The summed E-state index contributed by atoms with van der Waals surface area (Å²) in [5, 5.41) is 4.93. The number of amides is 2. The molecule has 0 fully saturated rings. The van der Waals surface area contributed by atoms with E-state index in [1.165, 1.54) is 19.2 Å². The summed E-state index contributed by atoms with van der Waals surface area (Å²) in [4.78, 5) is 28.0. The van der Waals surface area contributed by atoms with Crippen LogP contribution in [0.15, 0.2) is 42.5 Å². The number of benzene rings is 2. The van der Waals surface area contributed by atoms with E-state index in [9.17, 15) is 22.8 Å². The number of aryl methyl sites for hydroxylation is 1. The number of ether oxygens (including phenoxy) is 1. The topological polar surface area (TPSA) is 85.3 Å². The van der Waals surface area contributed by atoms with Crippen LogP contribution in [0.1, 0.15) is 11.4 Å². The zero-order valence-electron chi connectivity index (χ0n) is 16.2. The SMILES string of the molecule is COc1ccc(C)cc1NC(=O)CNC(=O)Cn1c(C(F)(F)F)nc2ccccc21. The minimum Gasteiger partial charge on any atom is -0.495 e. The minimum atomic E-state index is -4.72. The van der Waals surface area contributed by atoms with Crippen LogP contribution < -0.4 is 15.4 Å². The number of carbonyl (C=O) groups excluding carboxylic acids is 2. The Morgan fingerprint density at radius 1 is 1.13 bits per heavy atom. The fraction of sp³-hybridized carbons (Fsp3) is 0.250. The predicted molar refractivity (Wildman–Crippen MR) is 104 cm³/mol. The molecule has 7 nitrogen and oxygen atoms in total. The number of carbonyl (C=O) groups is 2. The van der Waals surface area contributed by atoms with Gasteiger partial charge in [-0.3, -0.25) is 9.59 Å². The van der Waals surface area contributed by atoms with Crippen molar-refractivity contribution in [3.8, 4) is 5.75 Å². The van der Waals surface area contributed by atoms with Gasteiger partial charge in [-0.2, -0.15) is 13.2 Å². The third-order valence-electron chi connectivity index (χ3n) is 4.28. The van der Waals surface area contributed by atoms with Crippen molar-refractivity contribution in [2.24, 2.45) is 0 Å². The van der Waals surface area contributed by atoms with Gasteiger partial charge < -0.3 is 19.9 Å². The van der Waals surface area contributed by atoms with E-state index in [1.807, 2.05) is 13.0 Å². The molecule has 0 saturated heterocycles. The summed E-state index contributed by atoms with van der Waals surface area (Å²) in [6.07, 6.45) is -4.72. The number of methoxy groups -OCH3 is 1. The molecule has 0 aliphatic carbocycles. The lowest BCUT2D eigenvalue weighted by Gasteiger charge is -2.13. The van der Waals surface area contributed by atoms with Crippen LogP contribution in [0.2, 0.25) is 0 Å². The first-order valence-corrected chi connectivity index (χ1v) is 8.92. The zero-order chi connectivity index (χ0) is 21.9. The number of alkyl halides is 3. The fourth-order valence-electron chi connectivity index (χ4n) is 2.94. The highest BCUT2D eigenvalue weighted by molar-refractivity contribution is 5.96. The number of para-hydroxylation sites is 2. The van der Waals surface area contributed by atoms with Crippen molar-refractivity contribution >= 4 is 28.5 Å². The molecule has 2 aromatic carbocycles. The fourth-order valence-corrected chi connectivity index (χ4v) is 2.94. The summed E-state index contributed by atoms with van der Waals surface area (Å²) in [6.45, 7) is 0.796. The van der Waals surface area contributed by atoms with Gasteiger partial charge in [0.25, 0.3) is 0 Å². The number of hydrogen-bond donors (Lipinski definition) is 2. The van der Waals surface area contributed by atoms with Gasteiger partial charge in [-0.15, -0.1) is 0 Å². The Morgan fingerprint density at radius 3 is 2.57 bits per heavy atom. The summed E-state index contributed by atoms with van der Waals surface area (Å²) >= 11 is 0. The largest absolute Gasteiger partial charge is 0.495 e. The van der Waals surface area contributed by atoms with Gasteiger partial charge >= 0.3 is 6.18 Å². The van der Waals surface area contributed by atoms with Crippen molar-refractivity contribution in [3.05, 3.63) is 53.9 Å². The van der Waals surface area contributed by atoms with Crippen LogP contribution in [0, 0.1) is 6.92 Å². The van der Waals surface area contributed by atoms with Gasteiger partial charge in [0.1, 0.15) is 12.3 Å². The molecule has 2 N–H and O–H groups in total. The van der Waals surface area contributed by atoms with E-state index in [0.717, 1.165) is 10.1 Å². The average molecular weight is 420 g/mol. The number of anilines is 1. The van der Waals surface area contributed by atoms with Crippen molar-refractivity contribution in [1.82, 2.24) is 14.9 Å². The molecule has 0 unspecified atom stereocenters. The Bertz CT molecular complexity index is 1090. The Balaban J connectivity index is 1.68. The Hall–Kier alpha value is -3.56. The number of nitrogens with zero attached hydrogens (tertiary/aromatic N) is 2. The van der Waals surface area contributed by atoms with Crippen molar-refractivity contribution in [1.29, 1.82) is 0 Å². The highest BCUT2D eigenvalue weighted by Gasteiger charge is 2.38. The van der Waals surface area contributed by atoms with Crippen LogP contribution in [0.4, 0.5) is 18.9 Å². The first kappa shape index (κ1) is 21.2. The molecule has 3 aromatic rings. The number of fused-ring (bicyclic) bond motifs is 1. The molecule has 3 rings (SSSR count). The Labute approximate surface area is 169 Å². The van der Waals surface area contributed by atoms with Gasteiger partial charge in [-0.05, 0) is 36.8 Å². The van der Waals surface area contributed by atoms with Gasteiger partial charge in [0.05, 0.1) is 30.4 Å². The summed E-state index contributed by atoms with van der Waals surface area (Å²) in [7, 11) is 1.45. The third kappa shape index (κ3) is 4.70. The molecule has 30 heavy (non-hydrogen) atoms. The lowest BCUT2D eigenvalue weighted by Crippen LogP contribution is -2.35. The van der Waals surface area contributed by atoms with Crippen LogP contribution >= 0.6 is 0 Å². The molecule has 1 heterocycles. The molecular formula is C20H19F3N4O3. The minimum absolute atomic E-state index is 0.127. The Morgan fingerprint density at radius 2 is 1.87 bits per heavy atom. The van der Waals surface area contributed by atoms with Gasteiger partial charge in [0, 0.05) is 0 Å². The van der Waals surface area contributed by atoms with Gasteiger partial charge in [0.2, 0.25) is 17.6 Å². The molecule has 10 heteroatoms. The maximum absolute atomic E-state index is 13.3. The van der Waals surface area contributed by atoms with Crippen LogP contribution in [-0.4, -0.2) is 35.0 Å². The maximum atomic E-state index is 13.3. The molecule has 158 valence electrons. The predicted octanol–water partition coefficient (Wildman–Crippen LogP) is 3.13. The van der Waals surface area contributed by atoms with E-state index < -0.39 is 36.9 Å². The van der Waals surface area contributed by atoms with Gasteiger partial charge in [-0.25, -0.2) is 4.98 Å². The van der Waals surface area contributed by atoms with Gasteiger partial charge in [-0.1, -0.05) is 18.2 Å². The summed E-state index contributed by atoms with van der Waals surface area (Å²) < 4.78 is 45.9. The van der Waals surface area contributed by atoms with Crippen LogP contribution in [0.5, 0.6) is 5.75 Å². The maximum Gasteiger partial charge on any atom is 0.449 e. The van der Waals surface area contributed by atoms with E-state index in [0.29, 0.717) is 11.4 Å². The Kier molecular flexibility index (Phi) is 5.95. The molecule has 0 bridgehead atoms. The zero-order valence-corrected chi connectivity index (χ0v) is 16.2. The summed E-state index contributed by atoms with van der Waals surface area (Å²) in [5.74, 6) is -2.03. The van der Waals surface area contributed by atoms with E-state index in [1.54, 1.807) is 24.3 Å². The summed E-state index contributed by atoms with van der Waals surface area (Å²) in [5.41, 5.74) is 1.62. The lowest BCUT2D eigenvalue weighted by molar-refractivity contribution is -0.147. The molecule has 1 aromatic heterocycles. The molecular weight excluding hydrogens is 401 g/mol. The quantitative estimate of drug-likeness (QED) is 0.642. The molecule has 2 amide bonds. The molecule has 0 saturated carbocycles. The number of hydrogen-bond acceptors (Lipinski definition) is 4. The standard InChI is InChI=1S/C20H19F3N4O3/c1-12-7-8-16(30-2)14(9-12)25-17(28)10-24-18(29)11-27-15-6-4-3-5-13(15)26-19(27)20(21,22)23/h3-9H,10-11H2,1-2H3,(H,24,29)(H,25,28). The first-order chi connectivity index (χ1) is 14.2. The average Bonchev–Trinajstić information content (AvgIpc) is 3.06. The van der Waals surface area contributed by atoms with E-state index in [-0.39, 0.29) is 11.0 Å². The van der Waals surface area contributed by atoms with Crippen molar-refractivity contribution in [3.63, 3.8) is 0 Å². The highest BCUT2D eigenvalue weighted by Crippen LogP contribution is 2.31. The lowest BCUT2D eigenvalue weighted by atomic mass is 10.2. The normalized spacial score (nSPS) is 11.4. The van der Waals surface area contributed by atoms with Crippen molar-refractivity contribution in [2.75, 3.05) is 19.0 Å². The number of aromatic nitrogens is 2. The molecule has 0 aliphatic rings. The summed E-state index contributed by atoms with van der Waals surface area (Å²) in [6, 6.07) is 11.2. The third-order valence-corrected chi connectivity index (χ3v) is 4.28. The smallest absolute Gasteiger partial charge is 0.449 e. The van der Waals surface area contributed by atoms with Crippen molar-refractivity contribution in [2.45, 2.75) is 19.6 Å². The van der Waals surface area contributed by atoms with Crippen molar-refractivity contribution < 1.29 is 27.5 Å². The van der Waals surface area contributed by atoms with E-state index in [4.69, 9.17) is 4.74 Å². The first-order valence-electron chi connectivity index (χ1n) is 8.92. The van der Waals surface area contributed by atoms with E-state index >= 15 is 0 Å². The number of nitrogens with one attached hydrogen (secondary N) is 2. The highest BCUT2D eigenvalue weighted by atomic mass is 19.4. The molecule has 0 radical (unpaired) electrons. The molecule has 0 spiro atoms. The molecule has 0 aliphatic heterocycles. The number of rotatable bonds is 6. The second-order valence-corrected chi connectivity index (χ2v) is 6.54. The van der Waals surface area contributed by atoms with Crippen LogP contribution in [0.25, 0.3) is 11.0 Å². The van der Waals surface area contributed by atoms with Gasteiger partial charge in [0.15, 0.2) is 0 Å². The number of imidazole rings is 1.